The molecular formula is C15H17ClN2O3. The number of nitrogens with zero attached hydrogens (tertiary/aromatic N) is 1. The molecule has 1 fully saturated rings. The average molecular weight is 309 g/mol. The fourth-order valence-corrected chi connectivity index (χ4v) is 2.35. The molecule has 1 aliphatic rings. The number of amides is 3. The van der Waals surface area contributed by atoms with Gasteiger partial charge in [0.2, 0.25) is 0 Å². The summed E-state index contributed by atoms with van der Waals surface area (Å²) in [6.45, 7) is 3.70. The van der Waals surface area contributed by atoms with Crippen molar-refractivity contribution in [3.63, 3.8) is 0 Å². The van der Waals surface area contributed by atoms with E-state index in [1.54, 1.807) is 24.3 Å². The number of benzene rings is 1. The Bertz CT molecular complexity index is 569. The normalized spacial score (nSPS) is 18.3. The monoisotopic (exact) mass is 308 g/mol. The van der Waals surface area contributed by atoms with Gasteiger partial charge in [-0.1, -0.05) is 25.4 Å². The lowest BCUT2D eigenvalue weighted by molar-refractivity contribution is -0.127. The second-order valence-corrected chi connectivity index (χ2v) is 5.92. The maximum Gasteiger partial charge on any atom is 0.325 e. The number of urea groups is 1. The lowest BCUT2D eigenvalue weighted by Gasteiger charge is -2.13. The van der Waals surface area contributed by atoms with Gasteiger partial charge in [0.1, 0.15) is 6.04 Å². The molecule has 5 nitrogen and oxygen atoms in total. The number of rotatable bonds is 5. The first-order valence-electron chi connectivity index (χ1n) is 6.79. The third kappa shape index (κ3) is 3.61. The molecule has 1 atom stereocenters. The van der Waals surface area contributed by atoms with Crippen LogP contribution in [0.1, 0.15) is 30.6 Å². The molecule has 1 saturated heterocycles. The third-order valence-electron chi connectivity index (χ3n) is 3.28. The predicted octanol–water partition coefficient (Wildman–Crippen LogP) is 2.49. The Balaban J connectivity index is 2.05. The summed E-state index contributed by atoms with van der Waals surface area (Å²) in [4.78, 5) is 37.1. The number of imide groups is 1. The molecule has 0 aromatic heterocycles. The number of nitrogens with one attached hydrogen (secondary N) is 1. The van der Waals surface area contributed by atoms with Crippen LogP contribution < -0.4 is 5.32 Å². The van der Waals surface area contributed by atoms with Gasteiger partial charge in [-0.15, -0.1) is 0 Å². The van der Waals surface area contributed by atoms with Crippen LogP contribution in [-0.2, 0) is 4.79 Å². The molecule has 112 valence electrons. The van der Waals surface area contributed by atoms with Gasteiger partial charge < -0.3 is 5.32 Å². The summed E-state index contributed by atoms with van der Waals surface area (Å²) >= 11 is 5.76. The van der Waals surface area contributed by atoms with E-state index in [4.69, 9.17) is 11.6 Å². The van der Waals surface area contributed by atoms with Gasteiger partial charge in [-0.25, -0.2) is 4.79 Å². The number of hydrogen-bond donors (Lipinski definition) is 1. The molecule has 1 aromatic carbocycles. The van der Waals surface area contributed by atoms with Gasteiger partial charge in [-0.05, 0) is 36.6 Å². The van der Waals surface area contributed by atoms with Crippen LogP contribution >= 0.6 is 11.6 Å². The highest BCUT2D eigenvalue weighted by Gasteiger charge is 2.38. The molecule has 2 rings (SSSR count). The van der Waals surface area contributed by atoms with Crippen LogP contribution in [0.5, 0.6) is 0 Å². The maximum atomic E-state index is 12.1. The minimum Gasteiger partial charge on any atom is -0.326 e. The van der Waals surface area contributed by atoms with Crippen molar-refractivity contribution < 1.29 is 14.4 Å². The lowest BCUT2D eigenvalue weighted by Crippen LogP contribution is -2.36. The van der Waals surface area contributed by atoms with E-state index in [0.717, 1.165) is 4.90 Å². The highest BCUT2D eigenvalue weighted by molar-refractivity contribution is 6.30. The molecule has 3 amide bonds. The number of carbonyl (C=O) groups is 3. The van der Waals surface area contributed by atoms with E-state index < -0.39 is 12.1 Å². The number of halogens is 1. The molecule has 0 radical (unpaired) electrons. The molecule has 1 heterocycles. The van der Waals surface area contributed by atoms with Crippen molar-refractivity contribution in [2.45, 2.75) is 26.3 Å². The topological polar surface area (TPSA) is 66.5 Å². The van der Waals surface area contributed by atoms with E-state index in [1.165, 1.54) is 0 Å². The van der Waals surface area contributed by atoms with Crippen molar-refractivity contribution >= 4 is 29.3 Å². The van der Waals surface area contributed by atoms with Gasteiger partial charge in [-0.2, -0.15) is 0 Å². The van der Waals surface area contributed by atoms with E-state index >= 15 is 0 Å². The zero-order valence-corrected chi connectivity index (χ0v) is 12.7. The van der Waals surface area contributed by atoms with E-state index in [0.29, 0.717) is 17.0 Å². The number of Topliss-reactive ketones (excluding diaryl/α,β-unsaturated/α-hetero) is 1. The van der Waals surface area contributed by atoms with Crippen molar-refractivity contribution in [2.24, 2.45) is 5.92 Å². The first-order chi connectivity index (χ1) is 9.88. The zero-order chi connectivity index (χ0) is 15.6. The predicted molar refractivity (Wildman–Crippen MR) is 79.3 cm³/mol. The largest absolute Gasteiger partial charge is 0.326 e. The fourth-order valence-electron chi connectivity index (χ4n) is 2.23. The molecule has 1 aromatic rings. The van der Waals surface area contributed by atoms with Gasteiger partial charge in [0.15, 0.2) is 5.78 Å². The van der Waals surface area contributed by atoms with Crippen LogP contribution in [-0.4, -0.2) is 35.2 Å². The molecule has 1 N–H and O–H groups in total. The van der Waals surface area contributed by atoms with E-state index in [2.05, 4.69) is 5.32 Å². The van der Waals surface area contributed by atoms with Gasteiger partial charge in [0.25, 0.3) is 5.91 Å². The standard InChI is InChI=1S/C15H17ClN2O3/c1-9(2)7-12-14(20)18(15(21)17-12)8-13(19)10-3-5-11(16)6-4-10/h3-6,9,12H,7-8H2,1-2H3,(H,17,21)/t12-/m0/s1. The Morgan fingerprint density at radius 1 is 1.29 bits per heavy atom. The zero-order valence-electron chi connectivity index (χ0n) is 11.9. The fraction of sp³-hybridized carbons (Fsp3) is 0.400. The van der Waals surface area contributed by atoms with Crippen LogP contribution in [0, 0.1) is 5.92 Å². The minimum absolute atomic E-state index is 0.249. The Morgan fingerprint density at radius 2 is 1.90 bits per heavy atom. The Labute approximate surface area is 128 Å². The molecule has 0 saturated carbocycles. The molecule has 0 spiro atoms. The van der Waals surface area contributed by atoms with Crippen molar-refractivity contribution in [3.8, 4) is 0 Å². The maximum absolute atomic E-state index is 12.1. The third-order valence-corrected chi connectivity index (χ3v) is 3.53. The summed E-state index contributed by atoms with van der Waals surface area (Å²) < 4.78 is 0. The summed E-state index contributed by atoms with van der Waals surface area (Å²) in [6, 6.07) is 5.32. The van der Waals surface area contributed by atoms with Gasteiger partial charge >= 0.3 is 6.03 Å². The smallest absolute Gasteiger partial charge is 0.325 e. The van der Waals surface area contributed by atoms with E-state index in [9.17, 15) is 14.4 Å². The van der Waals surface area contributed by atoms with Crippen molar-refractivity contribution in [2.75, 3.05) is 6.54 Å². The van der Waals surface area contributed by atoms with E-state index in [1.807, 2.05) is 13.8 Å². The molecule has 0 bridgehead atoms. The SMILES string of the molecule is CC(C)C[C@@H]1NC(=O)N(CC(=O)c2ccc(Cl)cc2)C1=O. The second-order valence-electron chi connectivity index (χ2n) is 5.49. The first kappa shape index (κ1) is 15.5. The minimum atomic E-state index is -0.532. The highest BCUT2D eigenvalue weighted by Crippen LogP contribution is 2.16. The molecule has 0 aliphatic carbocycles. The molecule has 21 heavy (non-hydrogen) atoms. The Hall–Kier alpha value is -1.88. The first-order valence-corrected chi connectivity index (χ1v) is 7.17. The average Bonchev–Trinajstić information content (AvgIpc) is 2.66. The molecule has 6 heteroatoms. The van der Waals surface area contributed by atoms with Gasteiger partial charge in [0, 0.05) is 10.6 Å². The van der Waals surface area contributed by atoms with Crippen LogP contribution in [0.25, 0.3) is 0 Å². The number of ketones is 1. The molecule has 1 aliphatic heterocycles. The van der Waals surface area contributed by atoms with E-state index in [-0.39, 0.29) is 24.2 Å². The summed E-state index contributed by atoms with van der Waals surface area (Å²) in [5, 5.41) is 3.14. The van der Waals surface area contributed by atoms with Crippen molar-refractivity contribution in [3.05, 3.63) is 34.9 Å². The van der Waals surface area contributed by atoms with Crippen molar-refractivity contribution in [1.29, 1.82) is 0 Å². The quantitative estimate of drug-likeness (QED) is 0.671. The molecule has 0 unspecified atom stereocenters. The Morgan fingerprint density at radius 3 is 2.48 bits per heavy atom. The number of carbonyl (C=O) groups excluding carboxylic acids is 3. The van der Waals surface area contributed by atoms with Crippen LogP contribution in [0.3, 0.4) is 0 Å². The second kappa shape index (κ2) is 6.26. The summed E-state index contributed by atoms with van der Waals surface area (Å²) in [5.74, 6) is -0.345. The summed E-state index contributed by atoms with van der Waals surface area (Å²) in [7, 11) is 0. The summed E-state index contributed by atoms with van der Waals surface area (Å²) in [5.41, 5.74) is 0.423. The van der Waals surface area contributed by atoms with Crippen LogP contribution in [0.2, 0.25) is 5.02 Å². The van der Waals surface area contributed by atoms with Crippen LogP contribution in [0.15, 0.2) is 24.3 Å². The number of hydrogen-bond acceptors (Lipinski definition) is 3. The molecular weight excluding hydrogens is 292 g/mol. The van der Waals surface area contributed by atoms with Crippen LogP contribution in [0.4, 0.5) is 4.79 Å². The summed E-state index contributed by atoms with van der Waals surface area (Å²) in [6.07, 6.45) is 0.566. The van der Waals surface area contributed by atoms with Crippen molar-refractivity contribution in [1.82, 2.24) is 10.2 Å². The lowest BCUT2D eigenvalue weighted by atomic mass is 10.0. The highest BCUT2D eigenvalue weighted by atomic mass is 35.5. The van der Waals surface area contributed by atoms with Gasteiger partial charge in [0.05, 0.1) is 6.54 Å². The van der Waals surface area contributed by atoms with Gasteiger partial charge in [-0.3, -0.25) is 14.5 Å². The Kier molecular flexibility index (Phi) is 4.63.